The molecule has 0 fully saturated rings. The van der Waals surface area contributed by atoms with Crippen LogP contribution < -0.4 is 0 Å². The Morgan fingerprint density at radius 3 is 2.54 bits per heavy atom. The van der Waals surface area contributed by atoms with E-state index in [1.807, 2.05) is 30.3 Å². The van der Waals surface area contributed by atoms with Gasteiger partial charge in [-0.05, 0) is 30.2 Å². The van der Waals surface area contributed by atoms with Gasteiger partial charge in [-0.3, -0.25) is 0 Å². The number of hydrogen-bond donors (Lipinski definition) is 0. The molecular weight excluding hydrogens is 361 g/mol. The first kappa shape index (κ1) is 17.3. The summed E-state index contributed by atoms with van der Waals surface area (Å²) in [5.74, 6) is 1.72. The minimum atomic E-state index is 0.649. The molecule has 0 bridgehead atoms. The van der Waals surface area contributed by atoms with Gasteiger partial charge in [-0.1, -0.05) is 71.4 Å². The molecule has 0 aliphatic heterocycles. The summed E-state index contributed by atoms with van der Waals surface area (Å²) in [4.78, 5) is 0. The van der Waals surface area contributed by atoms with E-state index < -0.39 is 0 Å². The molecular formula is C18H17Cl2N3S. The summed E-state index contributed by atoms with van der Waals surface area (Å²) in [5.41, 5.74) is 2.28. The summed E-state index contributed by atoms with van der Waals surface area (Å²) in [6, 6.07) is 15.9. The molecule has 24 heavy (non-hydrogen) atoms. The van der Waals surface area contributed by atoms with E-state index in [-0.39, 0.29) is 0 Å². The molecule has 0 saturated carbocycles. The smallest absolute Gasteiger partial charge is 0.191 e. The Labute approximate surface area is 156 Å². The highest BCUT2D eigenvalue weighted by atomic mass is 35.5. The summed E-state index contributed by atoms with van der Waals surface area (Å²) in [6.45, 7) is 2.95. The maximum absolute atomic E-state index is 6.24. The zero-order chi connectivity index (χ0) is 16.9. The lowest BCUT2D eigenvalue weighted by Crippen LogP contribution is -2.04. The van der Waals surface area contributed by atoms with Gasteiger partial charge >= 0.3 is 0 Å². The summed E-state index contributed by atoms with van der Waals surface area (Å²) in [7, 11) is 0. The average Bonchev–Trinajstić information content (AvgIpc) is 2.96. The first-order valence-electron chi connectivity index (χ1n) is 7.70. The molecule has 0 unspecified atom stereocenters. The van der Waals surface area contributed by atoms with Gasteiger partial charge in [0.05, 0.1) is 0 Å². The number of aromatic nitrogens is 3. The second-order valence-electron chi connectivity index (χ2n) is 5.33. The van der Waals surface area contributed by atoms with Crippen LogP contribution in [0.1, 0.15) is 23.9 Å². The molecule has 6 heteroatoms. The number of rotatable bonds is 6. The summed E-state index contributed by atoms with van der Waals surface area (Å²) in [6.07, 6.45) is 0.782. The van der Waals surface area contributed by atoms with Crippen molar-refractivity contribution in [1.82, 2.24) is 14.8 Å². The molecule has 0 aliphatic rings. The van der Waals surface area contributed by atoms with Crippen molar-refractivity contribution in [2.24, 2.45) is 0 Å². The zero-order valence-corrected chi connectivity index (χ0v) is 15.6. The molecule has 2 aromatic carbocycles. The van der Waals surface area contributed by atoms with Gasteiger partial charge in [0.15, 0.2) is 5.16 Å². The third-order valence-corrected chi connectivity index (χ3v) is 5.29. The van der Waals surface area contributed by atoms with Crippen molar-refractivity contribution in [3.63, 3.8) is 0 Å². The third-order valence-electron chi connectivity index (χ3n) is 3.69. The van der Waals surface area contributed by atoms with E-state index in [0.29, 0.717) is 10.0 Å². The third kappa shape index (κ3) is 4.12. The van der Waals surface area contributed by atoms with Crippen molar-refractivity contribution in [3.8, 4) is 0 Å². The number of nitrogens with zero attached hydrogens (tertiary/aromatic N) is 3. The van der Waals surface area contributed by atoms with Gasteiger partial charge in [-0.2, -0.15) is 0 Å². The van der Waals surface area contributed by atoms with Crippen LogP contribution in [-0.4, -0.2) is 14.8 Å². The first-order chi connectivity index (χ1) is 11.7. The van der Waals surface area contributed by atoms with Gasteiger partial charge < -0.3 is 4.57 Å². The van der Waals surface area contributed by atoms with Crippen molar-refractivity contribution in [2.45, 2.75) is 30.8 Å². The molecule has 1 aromatic heterocycles. The van der Waals surface area contributed by atoms with E-state index in [2.05, 4.69) is 33.8 Å². The Hall–Kier alpha value is -1.49. The van der Waals surface area contributed by atoms with Crippen molar-refractivity contribution >= 4 is 35.0 Å². The van der Waals surface area contributed by atoms with Gasteiger partial charge in [-0.25, -0.2) is 0 Å². The molecule has 0 atom stereocenters. The molecule has 3 rings (SSSR count). The molecule has 0 spiro atoms. The number of halogens is 2. The predicted octanol–water partition coefficient (Wildman–Crippen LogP) is 5.49. The van der Waals surface area contributed by atoms with E-state index in [9.17, 15) is 0 Å². The molecule has 3 aromatic rings. The number of thioether (sulfide) groups is 1. The highest BCUT2D eigenvalue weighted by Crippen LogP contribution is 2.28. The first-order valence-corrected chi connectivity index (χ1v) is 9.44. The molecule has 0 aliphatic carbocycles. The fourth-order valence-electron chi connectivity index (χ4n) is 2.43. The van der Waals surface area contributed by atoms with Crippen molar-refractivity contribution in [3.05, 3.63) is 75.5 Å². The predicted molar refractivity (Wildman–Crippen MR) is 101 cm³/mol. The minimum absolute atomic E-state index is 0.649. The molecule has 1 heterocycles. The number of benzene rings is 2. The second-order valence-corrected chi connectivity index (χ2v) is 7.12. The maximum atomic E-state index is 6.24. The van der Waals surface area contributed by atoms with E-state index in [4.69, 9.17) is 23.2 Å². The molecule has 124 valence electrons. The molecule has 0 saturated heterocycles. The highest BCUT2D eigenvalue weighted by Gasteiger charge is 2.12. The van der Waals surface area contributed by atoms with Crippen LogP contribution in [0.5, 0.6) is 0 Å². The van der Waals surface area contributed by atoms with Crippen LogP contribution in [0.3, 0.4) is 0 Å². The largest absolute Gasteiger partial charge is 0.306 e. The van der Waals surface area contributed by atoms with Crippen molar-refractivity contribution in [1.29, 1.82) is 0 Å². The van der Waals surface area contributed by atoms with E-state index in [1.165, 1.54) is 5.56 Å². The molecule has 0 N–H and O–H groups in total. The quantitative estimate of drug-likeness (QED) is 0.532. The van der Waals surface area contributed by atoms with E-state index in [1.54, 1.807) is 17.8 Å². The van der Waals surface area contributed by atoms with Gasteiger partial charge in [-0.15, -0.1) is 10.2 Å². The van der Waals surface area contributed by atoms with E-state index in [0.717, 1.165) is 35.3 Å². The van der Waals surface area contributed by atoms with Gasteiger partial charge in [0, 0.05) is 28.8 Å². The summed E-state index contributed by atoms with van der Waals surface area (Å²) < 4.78 is 2.15. The molecule has 0 radical (unpaired) electrons. The van der Waals surface area contributed by atoms with Gasteiger partial charge in [0.2, 0.25) is 0 Å². The van der Waals surface area contributed by atoms with Crippen LogP contribution in [0.4, 0.5) is 0 Å². The fraction of sp³-hybridized carbons (Fsp3) is 0.222. The van der Waals surface area contributed by atoms with Crippen LogP contribution in [-0.2, 0) is 18.7 Å². The SMILES string of the molecule is CCn1c(Cc2ccccc2)nnc1SCc1ccc(Cl)cc1Cl. The lowest BCUT2D eigenvalue weighted by Gasteiger charge is -2.08. The van der Waals surface area contributed by atoms with Crippen LogP contribution in [0.25, 0.3) is 0 Å². The van der Waals surface area contributed by atoms with Crippen LogP contribution >= 0.6 is 35.0 Å². The number of hydrogen-bond acceptors (Lipinski definition) is 3. The maximum Gasteiger partial charge on any atom is 0.191 e. The standard InChI is InChI=1S/C18H17Cl2N3S/c1-2-23-17(10-13-6-4-3-5-7-13)21-22-18(23)24-12-14-8-9-15(19)11-16(14)20/h3-9,11H,2,10,12H2,1H3. The Morgan fingerprint density at radius 2 is 1.83 bits per heavy atom. The monoisotopic (exact) mass is 377 g/mol. The summed E-state index contributed by atoms with van der Waals surface area (Å²) in [5, 5.41) is 11.0. The van der Waals surface area contributed by atoms with Gasteiger partial charge in [0.1, 0.15) is 5.82 Å². The lowest BCUT2D eigenvalue weighted by molar-refractivity contribution is 0.651. The van der Waals surface area contributed by atoms with E-state index >= 15 is 0 Å². The fourth-order valence-corrected chi connectivity index (χ4v) is 4.01. The highest BCUT2D eigenvalue weighted by molar-refractivity contribution is 7.98. The molecule has 0 amide bonds. The van der Waals surface area contributed by atoms with Gasteiger partial charge in [0.25, 0.3) is 0 Å². The van der Waals surface area contributed by atoms with Crippen molar-refractivity contribution in [2.75, 3.05) is 0 Å². The van der Waals surface area contributed by atoms with Crippen LogP contribution in [0.15, 0.2) is 53.7 Å². The average molecular weight is 378 g/mol. The Bertz CT molecular complexity index is 818. The normalized spacial score (nSPS) is 11.0. The Morgan fingerprint density at radius 1 is 1.04 bits per heavy atom. The Kier molecular flexibility index (Phi) is 5.82. The second kappa shape index (κ2) is 8.06. The minimum Gasteiger partial charge on any atom is -0.306 e. The molecule has 3 nitrogen and oxygen atoms in total. The van der Waals surface area contributed by atoms with Crippen LogP contribution in [0, 0.1) is 0 Å². The topological polar surface area (TPSA) is 30.7 Å². The van der Waals surface area contributed by atoms with Crippen LogP contribution in [0.2, 0.25) is 10.0 Å². The van der Waals surface area contributed by atoms with Crippen molar-refractivity contribution < 1.29 is 0 Å². The zero-order valence-electron chi connectivity index (χ0n) is 13.2. The lowest BCUT2D eigenvalue weighted by atomic mass is 10.1. The summed E-state index contributed by atoms with van der Waals surface area (Å²) >= 11 is 13.8. The Balaban J connectivity index is 1.74.